The Bertz CT molecular complexity index is 504. The van der Waals surface area contributed by atoms with Crippen LogP contribution in [0.3, 0.4) is 0 Å². The molecule has 102 valence electrons. The molecule has 1 aliphatic heterocycles. The maximum atomic E-state index is 12.0. The monoisotopic (exact) mass is 344 g/mol. The van der Waals surface area contributed by atoms with E-state index in [1.165, 1.54) is 24.6 Å². The maximum absolute atomic E-state index is 12.0. The van der Waals surface area contributed by atoms with Gasteiger partial charge in [-0.3, -0.25) is 14.9 Å². The molecule has 7 heteroatoms. The first kappa shape index (κ1) is 14.3. The molecule has 1 N–H and O–H groups in total. The van der Waals surface area contributed by atoms with Gasteiger partial charge in [-0.05, 0) is 40.6 Å². The second kappa shape index (κ2) is 6.38. The van der Waals surface area contributed by atoms with Crippen LogP contribution in [0.5, 0.6) is 0 Å². The van der Waals surface area contributed by atoms with E-state index in [0.717, 1.165) is 12.2 Å². The van der Waals surface area contributed by atoms with Crippen molar-refractivity contribution in [2.24, 2.45) is 0 Å². The zero-order valence-electron chi connectivity index (χ0n) is 10.1. The second-order valence-electron chi connectivity index (χ2n) is 4.27. The number of nitrogens with one attached hydrogen (secondary N) is 1. The van der Waals surface area contributed by atoms with E-state index < -0.39 is 4.92 Å². The van der Waals surface area contributed by atoms with Crippen molar-refractivity contribution in [3.63, 3.8) is 0 Å². The molecule has 19 heavy (non-hydrogen) atoms. The average Bonchev–Trinajstić information content (AvgIpc) is 2.89. The lowest BCUT2D eigenvalue weighted by atomic mass is 10.2. The van der Waals surface area contributed by atoms with Crippen LogP contribution in [0, 0.1) is 10.1 Å². The maximum Gasteiger partial charge on any atom is 0.270 e. The van der Waals surface area contributed by atoms with Gasteiger partial charge in [0.05, 0.1) is 10.5 Å². The van der Waals surface area contributed by atoms with Gasteiger partial charge in [-0.15, -0.1) is 0 Å². The highest BCUT2D eigenvalue weighted by molar-refractivity contribution is 9.10. The number of hydrogen-bond acceptors (Lipinski definition) is 4. The van der Waals surface area contributed by atoms with Crippen LogP contribution in [0.15, 0.2) is 22.7 Å². The molecule has 1 unspecified atom stereocenters. The zero-order valence-corrected chi connectivity index (χ0v) is 12.5. The molecule has 0 aromatic heterocycles. The van der Waals surface area contributed by atoms with Gasteiger partial charge in [0.25, 0.3) is 11.6 Å². The molecular formula is C12H13BrN2O3S. The Morgan fingerprint density at radius 1 is 1.58 bits per heavy atom. The molecule has 0 aliphatic carbocycles. The number of hydrogen-bond donors (Lipinski definition) is 1. The molecule has 0 radical (unpaired) electrons. The highest BCUT2D eigenvalue weighted by atomic mass is 79.9. The van der Waals surface area contributed by atoms with E-state index in [2.05, 4.69) is 21.2 Å². The van der Waals surface area contributed by atoms with Crippen LogP contribution in [0.1, 0.15) is 23.2 Å². The number of halogens is 1. The van der Waals surface area contributed by atoms with Crippen LogP contribution in [0.4, 0.5) is 5.69 Å². The number of amides is 1. The minimum absolute atomic E-state index is 0.0800. The SMILES string of the molecule is O=C(NCC1CCCS1)c1cc([N+](=O)[O-])ccc1Br. The Kier molecular flexibility index (Phi) is 4.81. The van der Waals surface area contributed by atoms with Crippen molar-refractivity contribution < 1.29 is 9.72 Å². The third kappa shape index (κ3) is 3.70. The largest absolute Gasteiger partial charge is 0.351 e. The topological polar surface area (TPSA) is 72.2 Å². The van der Waals surface area contributed by atoms with E-state index in [9.17, 15) is 14.9 Å². The summed E-state index contributed by atoms with van der Waals surface area (Å²) in [7, 11) is 0. The number of nitrogens with zero attached hydrogens (tertiary/aromatic N) is 1. The zero-order chi connectivity index (χ0) is 13.8. The summed E-state index contributed by atoms with van der Waals surface area (Å²) in [5.41, 5.74) is 0.223. The molecule has 1 aliphatic rings. The summed E-state index contributed by atoms with van der Waals surface area (Å²) in [4.78, 5) is 22.2. The molecule has 1 aromatic carbocycles. The molecule has 1 heterocycles. The van der Waals surface area contributed by atoms with E-state index in [-0.39, 0.29) is 11.6 Å². The Hall–Kier alpha value is -1.08. The molecule has 1 aromatic rings. The van der Waals surface area contributed by atoms with Crippen LogP contribution < -0.4 is 5.32 Å². The van der Waals surface area contributed by atoms with Crippen LogP contribution in [-0.4, -0.2) is 28.4 Å². The van der Waals surface area contributed by atoms with Crippen molar-refractivity contribution in [1.29, 1.82) is 0 Å². The van der Waals surface area contributed by atoms with Gasteiger partial charge < -0.3 is 5.32 Å². The van der Waals surface area contributed by atoms with E-state index in [4.69, 9.17) is 0 Å². The van der Waals surface area contributed by atoms with Crippen molar-refractivity contribution in [2.75, 3.05) is 12.3 Å². The fourth-order valence-corrected chi connectivity index (χ4v) is 3.54. The van der Waals surface area contributed by atoms with E-state index >= 15 is 0 Å². The van der Waals surface area contributed by atoms with Gasteiger partial charge in [-0.2, -0.15) is 11.8 Å². The lowest BCUT2D eigenvalue weighted by Gasteiger charge is -2.10. The van der Waals surface area contributed by atoms with Gasteiger partial charge in [0.2, 0.25) is 0 Å². The second-order valence-corrected chi connectivity index (χ2v) is 6.53. The first-order valence-electron chi connectivity index (χ1n) is 5.91. The third-order valence-corrected chi connectivity index (χ3v) is 5.01. The summed E-state index contributed by atoms with van der Waals surface area (Å²) in [6.07, 6.45) is 2.30. The molecule has 0 saturated carbocycles. The lowest BCUT2D eigenvalue weighted by Crippen LogP contribution is -2.30. The van der Waals surface area contributed by atoms with Crippen molar-refractivity contribution in [3.8, 4) is 0 Å². The number of non-ortho nitro benzene ring substituents is 1. The first-order valence-corrected chi connectivity index (χ1v) is 7.76. The average molecular weight is 345 g/mol. The number of thioether (sulfide) groups is 1. The number of benzene rings is 1. The summed E-state index contributed by atoms with van der Waals surface area (Å²) in [5, 5.41) is 14.0. The van der Waals surface area contributed by atoms with Crippen molar-refractivity contribution in [2.45, 2.75) is 18.1 Å². The Morgan fingerprint density at radius 2 is 2.37 bits per heavy atom. The van der Waals surface area contributed by atoms with Gasteiger partial charge in [0.1, 0.15) is 0 Å². The number of nitro benzene ring substituents is 1. The minimum Gasteiger partial charge on any atom is -0.351 e. The van der Waals surface area contributed by atoms with Crippen LogP contribution in [0.2, 0.25) is 0 Å². The molecule has 5 nitrogen and oxygen atoms in total. The fraction of sp³-hybridized carbons (Fsp3) is 0.417. The Balaban J connectivity index is 2.04. The standard InChI is InChI=1S/C12H13BrN2O3S/c13-11-4-3-8(15(17)18)6-10(11)12(16)14-7-9-2-1-5-19-9/h3-4,6,9H,1-2,5,7H2,(H,14,16). The summed E-state index contributed by atoms with van der Waals surface area (Å²) >= 11 is 5.10. The minimum atomic E-state index is -0.504. The summed E-state index contributed by atoms with van der Waals surface area (Å²) in [5.74, 6) is 0.865. The Labute approximate surface area is 123 Å². The van der Waals surface area contributed by atoms with Crippen molar-refractivity contribution in [1.82, 2.24) is 5.32 Å². The predicted molar refractivity (Wildman–Crippen MR) is 78.6 cm³/mol. The molecule has 0 spiro atoms. The van der Waals surface area contributed by atoms with Gasteiger partial charge in [0, 0.05) is 28.4 Å². The summed E-state index contributed by atoms with van der Waals surface area (Å²) < 4.78 is 0.565. The number of nitro groups is 1. The van der Waals surface area contributed by atoms with Crippen LogP contribution >= 0.6 is 27.7 Å². The first-order chi connectivity index (χ1) is 9.08. The third-order valence-electron chi connectivity index (χ3n) is 2.92. The van der Waals surface area contributed by atoms with E-state index in [1.807, 2.05) is 11.8 Å². The number of carbonyl (C=O) groups excluding carboxylic acids is 1. The molecular weight excluding hydrogens is 332 g/mol. The molecule has 1 atom stereocenters. The predicted octanol–water partition coefficient (Wildman–Crippen LogP) is 2.98. The molecule has 1 saturated heterocycles. The summed E-state index contributed by atoms with van der Waals surface area (Å²) in [6, 6.07) is 4.19. The number of carbonyl (C=O) groups is 1. The number of rotatable bonds is 4. The molecule has 1 amide bonds. The molecule has 0 bridgehead atoms. The normalized spacial score (nSPS) is 18.3. The van der Waals surface area contributed by atoms with Crippen LogP contribution in [0.25, 0.3) is 0 Å². The summed E-state index contributed by atoms with van der Waals surface area (Å²) in [6.45, 7) is 0.610. The molecule has 1 fully saturated rings. The Morgan fingerprint density at radius 3 is 3.00 bits per heavy atom. The van der Waals surface area contributed by atoms with Crippen molar-refractivity contribution >= 4 is 39.3 Å². The van der Waals surface area contributed by atoms with E-state index in [1.54, 1.807) is 0 Å². The van der Waals surface area contributed by atoms with Gasteiger partial charge >= 0.3 is 0 Å². The van der Waals surface area contributed by atoms with E-state index in [0.29, 0.717) is 21.8 Å². The lowest BCUT2D eigenvalue weighted by molar-refractivity contribution is -0.384. The molecule has 2 rings (SSSR count). The van der Waals surface area contributed by atoms with Gasteiger partial charge in [-0.25, -0.2) is 0 Å². The van der Waals surface area contributed by atoms with Gasteiger partial charge in [0.15, 0.2) is 0 Å². The highest BCUT2D eigenvalue weighted by Crippen LogP contribution is 2.26. The fourth-order valence-electron chi connectivity index (χ4n) is 1.91. The quantitative estimate of drug-likeness (QED) is 0.673. The van der Waals surface area contributed by atoms with Gasteiger partial charge in [-0.1, -0.05) is 0 Å². The highest BCUT2D eigenvalue weighted by Gasteiger charge is 2.19. The van der Waals surface area contributed by atoms with Crippen molar-refractivity contribution in [3.05, 3.63) is 38.3 Å². The van der Waals surface area contributed by atoms with Crippen LogP contribution in [-0.2, 0) is 0 Å². The smallest absolute Gasteiger partial charge is 0.270 e.